The van der Waals surface area contributed by atoms with Crippen LogP contribution in [0.15, 0.2) is 36.1 Å². The number of rotatable bonds is 4. The van der Waals surface area contributed by atoms with E-state index < -0.39 is 0 Å². The second-order valence-corrected chi connectivity index (χ2v) is 4.61. The van der Waals surface area contributed by atoms with Crippen molar-refractivity contribution in [2.24, 2.45) is 0 Å². The van der Waals surface area contributed by atoms with Crippen molar-refractivity contribution in [2.75, 3.05) is 7.05 Å². The number of nitrogens with one attached hydrogen (secondary N) is 1. The lowest BCUT2D eigenvalue weighted by molar-refractivity contribution is 0.455. The van der Waals surface area contributed by atoms with Gasteiger partial charge in [0.2, 0.25) is 5.88 Å². The van der Waals surface area contributed by atoms with Crippen LogP contribution in [-0.4, -0.2) is 21.4 Å². The van der Waals surface area contributed by atoms with Crippen LogP contribution in [-0.2, 0) is 6.54 Å². The van der Waals surface area contributed by atoms with Gasteiger partial charge >= 0.3 is 0 Å². The van der Waals surface area contributed by atoms with Crippen LogP contribution in [0.3, 0.4) is 0 Å². The van der Waals surface area contributed by atoms with Crippen molar-refractivity contribution in [1.29, 1.82) is 0 Å². The fourth-order valence-corrected chi connectivity index (χ4v) is 2.47. The lowest BCUT2D eigenvalue weighted by Gasteiger charge is -2.04. The van der Waals surface area contributed by atoms with Gasteiger partial charge < -0.3 is 10.1 Å². The van der Waals surface area contributed by atoms with Gasteiger partial charge in [-0.2, -0.15) is 4.98 Å². The number of imidazole rings is 1. The highest BCUT2D eigenvalue weighted by Gasteiger charge is 2.14. The van der Waals surface area contributed by atoms with E-state index in [2.05, 4.69) is 15.3 Å². The standard InChI is InChI=1S/C12H12N4OS/c1-13-8-10-11(15-12-16(10)5-6-18-12)17-9-3-2-4-14-7-9/h2-7,13H,8H2,1H3. The maximum absolute atomic E-state index is 5.78. The molecule has 0 spiro atoms. The van der Waals surface area contributed by atoms with Gasteiger partial charge in [-0.1, -0.05) is 0 Å². The minimum absolute atomic E-state index is 0.629. The van der Waals surface area contributed by atoms with Crippen LogP contribution in [0, 0.1) is 0 Å². The third-order valence-electron chi connectivity index (χ3n) is 2.52. The summed E-state index contributed by atoms with van der Waals surface area (Å²) in [5, 5.41) is 5.14. The van der Waals surface area contributed by atoms with E-state index in [0.717, 1.165) is 10.7 Å². The van der Waals surface area contributed by atoms with Crippen molar-refractivity contribution >= 4 is 16.3 Å². The van der Waals surface area contributed by atoms with Gasteiger partial charge in [0.25, 0.3) is 0 Å². The van der Waals surface area contributed by atoms with E-state index in [-0.39, 0.29) is 0 Å². The molecule has 0 aliphatic rings. The molecule has 0 radical (unpaired) electrons. The number of fused-ring (bicyclic) bond motifs is 1. The van der Waals surface area contributed by atoms with E-state index in [1.54, 1.807) is 23.7 Å². The van der Waals surface area contributed by atoms with E-state index in [1.807, 2.05) is 35.2 Å². The highest BCUT2D eigenvalue weighted by atomic mass is 32.1. The molecule has 6 heteroatoms. The zero-order valence-electron chi connectivity index (χ0n) is 9.83. The summed E-state index contributed by atoms with van der Waals surface area (Å²) in [7, 11) is 1.90. The van der Waals surface area contributed by atoms with Crippen LogP contribution in [0.2, 0.25) is 0 Å². The number of hydrogen-bond acceptors (Lipinski definition) is 5. The molecule has 0 bridgehead atoms. The average molecular weight is 260 g/mol. The zero-order chi connectivity index (χ0) is 12.4. The van der Waals surface area contributed by atoms with Gasteiger partial charge in [0.1, 0.15) is 11.4 Å². The predicted octanol–water partition coefficient (Wildman–Crippen LogP) is 2.30. The average Bonchev–Trinajstić information content (AvgIpc) is 2.95. The summed E-state index contributed by atoms with van der Waals surface area (Å²) < 4.78 is 7.81. The Morgan fingerprint density at radius 3 is 3.22 bits per heavy atom. The van der Waals surface area contributed by atoms with Crippen molar-refractivity contribution in [3.05, 3.63) is 41.8 Å². The Balaban J connectivity index is 2.00. The Kier molecular flexibility index (Phi) is 2.95. The Labute approximate surface area is 108 Å². The quantitative estimate of drug-likeness (QED) is 0.782. The molecule has 0 fully saturated rings. The van der Waals surface area contributed by atoms with Crippen molar-refractivity contribution in [3.8, 4) is 11.6 Å². The van der Waals surface area contributed by atoms with Crippen LogP contribution in [0.4, 0.5) is 0 Å². The fourth-order valence-electron chi connectivity index (χ4n) is 1.74. The van der Waals surface area contributed by atoms with E-state index in [1.165, 1.54) is 0 Å². The predicted molar refractivity (Wildman–Crippen MR) is 70.1 cm³/mol. The van der Waals surface area contributed by atoms with Crippen molar-refractivity contribution in [2.45, 2.75) is 6.54 Å². The molecule has 0 amide bonds. The topological polar surface area (TPSA) is 51.5 Å². The number of ether oxygens (including phenoxy) is 1. The summed E-state index contributed by atoms with van der Waals surface area (Å²) in [5.41, 5.74) is 1.01. The van der Waals surface area contributed by atoms with Crippen molar-refractivity contribution in [1.82, 2.24) is 19.7 Å². The third-order valence-corrected chi connectivity index (χ3v) is 3.27. The molecule has 1 N–H and O–H groups in total. The second kappa shape index (κ2) is 4.75. The van der Waals surface area contributed by atoms with Crippen LogP contribution in [0.25, 0.3) is 4.96 Å². The summed E-state index contributed by atoms with van der Waals surface area (Å²) >= 11 is 1.59. The normalized spacial score (nSPS) is 10.9. The Hall–Kier alpha value is -1.92. The smallest absolute Gasteiger partial charge is 0.243 e. The number of aromatic nitrogens is 3. The summed E-state index contributed by atoms with van der Waals surface area (Å²) in [5.74, 6) is 1.32. The van der Waals surface area contributed by atoms with Crippen molar-refractivity contribution in [3.63, 3.8) is 0 Å². The largest absolute Gasteiger partial charge is 0.436 e. The lowest BCUT2D eigenvalue weighted by Crippen LogP contribution is -2.08. The second-order valence-electron chi connectivity index (χ2n) is 3.74. The monoisotopic (exact) mass is 260 g/mol. The third kappa shape index (κ3) is 1.96. The van der Waals surface area contributed by atoms with Gasteiger partial charge in [-0.3, -0.25) is 9.38 Å². The minimum atomic E-state index is 0.629. The number of thiazole rings is 1. The van der Waals surface area contributed by atoms with Gasteiger partial charge in [-0.05, 0) is 19.2 Å². The summed E-state index contributed by atoms with van der Waals surface area (Å²) in [4.78, 5) is 9.43. The molecule has 3 aromatic rings. The first-order chi connectivity index (χ1) is 8.88. The molecular formula is C12H12N4OS. The zero-order valence-corrected chi connectivity index (χ0v) is 10.6. The number of hydrogen-bond donors (Lipinski definition) is 1. The highest BCUT2D eigenvalue weighted by molar-refractivity contribution is 7.15. The highest BCUT2D eigenvalue weighted by Crippen LogP contribution is 2.27. The van der Waals surface area contributed by atoms with Gasteiger partial charge in [-0.15, -0.1) is 11.3 Å². The van der Waals surface area contributed by atoms with E-state index in [0.29, 0.717) is 18.2 Å². The molecule has 3 heterocycles. The summed E-state index contributed by atoms with van der Waals surface area (Å²) in [6.45, 7) is 0.702. The molecular weight excluding hydrogens is 248 g/mol. The first-order valence-electron chi connectivity index (χ1n) is 5.55. The lowest BCUT2D eigenvalue weighted by atomic mass is 10.4. The van der Waals surface area contributed by atoms with Crippen LogP contribution in [0.5, 0.6) is 11.6 Å². The molecule has 0 saturated carbocycles. The van der Waals surface area contributed by atoms with Gasteiger partial charge in [-0.25, -0.2) is 0 Å². The molecule has 92 valence electrons. The molecule has 0 atom stereocenters. The SMILES string of the molecule is CNCc1c(Oc2cccnc2)nc2sccn12. The molecule has 0 aliphatic heterocycles. The Bertz CT molecular complexity index is 646. The molecule has 0 aromatic carbocycles. The first kappa shape index (κ1) is 11.2. The maximum atomic E-state index is 5.78. The minimum Gasteiger partial charge on any atom is -0.436 e. The number of pyridine rings is 1. The molecule has 3 aromatic heterocycles. The fraction of sp³-hybridized carbons (Fsp3) is 0.167. The maximum Gasteiger partial charge on any atom is 0.243 e. The molecule has 0 saturated heterocycles. The van der Waals surface area contributed by atoms with Crippen LogP contribution >= 0.6 is 11.3 Å². The van der Waals surface area contributed by atoms with Crippen molar-refractivity contribution < 1.29 is 4.74 Å². The van der Waals surface area contributed by atoms with Gasteiger partial charge in [0.05, 0.1) is 6.20 Å². The van der Waals surface area contributed by atoms with E-state index in [4.69, 9.17) is 4.74 Å². The Morgan fingerprint density at radius 2 is 2.44 bits per heavy atom. The van der Waals surface area contributed by atoms with Crippen LogP contribution in [0.1, 0.15) is 5.69 Å². The van der Waals surface area contributed by atoms with Crippen LogP contribution < -0.4 is 10.1 Å². The Morgan fingerprint density at radius 1 is 1.50 bits per heavy atom. The van der Waals surface area contributed by atoms with Gasteiger partial charge in [0.15, 0.2) is 4.96 Å². The molecule has 0 unspecified atom stereocenters. The van der Waals surface area contributed by atoms with E-state index >= 15 is 0 Å². The van der Waals surface area contributed by atoms with Gasteiger partial charge in [0, 0.05) is 24.3 Å². The summed E-state index contributed by atoms with van der Waals surface area (Å²) in [6, 6.07) is 3.70. The molecule has 5 nitrogen and oxygen atoms in total. The first-order valence-corrected chi connectivity index (χ1v) is 6.43. The molecule has 3 rings (SSSR count). The number of nitrogens with zero attached hydrogens (tertiary/aromatic N) is 3. The van der Waals surface area contributed by atoms with E-state index in [9.17, 15) is 0 Å². The summed E-state index contributed by atoms with van der Waals surface area (Å²) in [6.07, 6.45) is 5.39. The molecule has 18 heavy (non-hydrogen) atoms. The molecule has 0 aliphatic carbocycles.